The first-order valence-electron chi connectivity index (χ1n) is 12.5. The van der Waals surface area contributed by atoms with E-state index in [2.05, 4.69) is 15.0 Å². The van der Waals surface area contributed by atoms with Gasteiger partial charge in [-0.25, -0.2) is 9.78 Å². The van der Waals surface area contributed by atoms with Crippen molar-refractivity contribution in [3.05, 3.63) is 74.3 Å². The maximum absolute atomic E-state index is 13.4. The summed E-state index contributed by atoms with van der Waals surface area (Å²) in [6.45, 7) is 2.80. The van der Waals surface area contributed by atoms with Crippen LogP contribution in [0.4, 0.5) is 25.1 Å². The molecular formula is C27H27Cl2F2N5O5. The molecule has 10 nitrogen and oxygen atoms in total. The number of nitrogens with one attached hydrogen (secondary N) is 1. The average molecular weight is 610 g/mol. The highest BCUT2D eigenvalue weighted by molar-refractivity contribution is 6.38. The van der Waals surface area contributed by atoms with E-state index in [0.717, 1.165) is 35.0 Å². The summed E-state index contributed by atoms with van der Waals surface area (Å²) in [6.07, 6.45) is 2.08. The van der Waals surface area contributed by atoms with Crippen LogP contribution < -0.4 is 21.3 Å². The lowest BCUT2D eigenvalue weighted by atomic mass is 10.0. The number of carbonyl (C=O) groups excluding carboxylic acids is 2. The van der Waals surface area contributed by atoms with Crippen molar-refractivity contribution in [1.82, 2.24) is 14.5 Å². The van der Waals surface area contributed by atoms with E-state index < -0.39 is 35.3 Å². The lowest BCUT2D eigenvalue weighted by Crippen LogP contribution is -2.36. The number of hydrogen-bond acceptors (Lipinski definition) is 7. The molecule has 2 aromatic carbocycles. The molecule has 4 rings (SSSR count). The number of likely N-dealkylation sites (tertiary alicyclic amines) is 1. The second kappa shape index (κ2) is 11.9. The number of nitrogen functional groups attached to an aromatic ring is 1. The number of ether oxygens (including phenoxy) is 2. The molecule has 2 amide bonds. The Hall–Kier alpha value is -3.90. The van der Waals surface area contributed by atoms with Crippen LogP contribution in [0.15, 0.2) is 47.5 Å². The van der Waals surface area contributed by atoms with Crippen molar-refractivity contribution in [3.63, 3.8) is 0 Å². The predicted octanol–water partition coefficient (Wildman–Crippen LogP) is 6.05. The Balaban J connectivity index is 1.61. The van der Waals surface area contributed by atoms with Crippen LogP contribution in [0.1, 0.15) is 55.6 Å². The minimum atomic E-state index is -3.11. The van der Waals surface area contributed by atoms with Crippen molar-refractivity contribution >= 4 is 46.7 Å². The summed E-state index contributed by atoms with van der Waals surface area (Å²) in [7, 11) is 0. The van der Waals surface area contributed by atoms with E-state index in [-0.39, 0.29) is 33.3 Å². The first-order valence-corrected chi connectivity index (χ1v) is 13.2. The van der Waals surface area contributed by atoms with Crippen LogP contribution in [0.25, 0.3) is 5.69 Å². The van der Waals surface area contributed by atoms with E-state index >= 15 is 0 Å². The zero-order chi connectivity index (χ0) is 30.1. The van der Waals surface area contributed by atoms with E-state index in [1.165, 1.54) is 0 Å². The Kier molecular flexibility index (Phi) is 8.74. The molecule has 0 spiro atoms. The fourth-order valence-corrected chi connectivity index (χ4v) is 5.10. The minimum Gasteiger partial charge on any atom is -0.444 e. The molecular weight excluding hydrogens is 583 g/mol. The Morgan fingerprint density at radius 2 is 1.85 bits per heavy atom. The van der Waals surface area contributed by atoms with Crippen molar-refractivity contribution in [3.8, 4) is 11.4 Å². The lowest BCUT2D eigenvalue weighted by molar-refractivity contribution is -0.0498. The van der Waals surface area contributed by atoms with Crippen LogP contribution in [-0.4, -0.2) is 45.2 Å². The van der Waals surface area contributed by atoms with Crippen LogP contribution in [-0.2, 0) is 4.74 Å². The number of anilines is 2. The van der Waals surface area contributed by atoms with Crippen molar-refractivity contribution in [2.75, 3.05) is 17.6 Å². The topological polar surface area (TPSA) is 129 Å². The molecule has 0 bridgehead atoms. The minimum absolute atomic E-state index is 0.105. The van der Waals surface area contributed by atoms with E-state index in [9.17, 15) is 23.2 Å². The number of carbonyl (C=O) groups is 2. The zero-order valence-corrected chi connectivity index (χ0v) is 23.8. The largest absolute Gasteiger partial charge is 0.444 e. The molecule has 218 valence electrons. The molecule has 0 aliphatic carbocycles. The molecule has 1 fully saturated rings. The molecule has 14 heteroatoms. The number of amides is 2. The third-order valence-corrected chi connectivity index (χ3v) is 6.67. The number of alkyl halides is 2. The summed E-state index contributed by atoms with van der Waals surface area (Å²) in [4.78, 5) is 44.9. The van der Waals surface area contributed by atoms with Crippen molar-refractivity contribution in [2.24, 2.45) is 0 Å². The van der Waals surface area contributed by atoms with Crippen LogP contribution in [0, 0.1) is 0 Å². The van der Waals surface area contributed by atoms with Gasteiger partial charge in [-0.15, -0.1) is 0 Å². The third-order valence-electron chi connectivity index (χ3n) is 6.09. The third kappa shape index (κ3) is 6.88. The quantitative estimate of drug-likeness (QED) is 0.348. The summed E-state index contributed by atoms with van der Waals surface area (Å²) < 4.78 is 36.0. The molecule has 0 saturated carbocycles. The fourth-order valence-electron chi connectivity index (χ4n) is 4.45. The summed E-state index contributed by atoms with van der Waals surface area (Å²) in [5.41, 5.74) is 4.88. The lowest BCUT2D eigenvalue weighted by Gasteiger charge is -2.29. The summed E-state index contributed by atoms with van der Waals surface area (Å²) in [5.74, 6) is -1.52. The average Bonchev–Trinajstić information content (AvgIpc) is 3.34. The van der Waals surface area contributed by atoms with Crippen molar-refractivity contribution in [1.29, 1.82) is 0 Å². The van der Waals surface area contributed by atoms with Gasteiger partial charge < -0.3 is 25.4 Å². The van der Waals surface area contributed by atoms with Gasteiger partial charge in [-0.3, -0.25) is 14.2 Å². The van der Waals surface area contributed by atoms with Gasteiger partial charge in [-0.2, -0.15) is 8.78 Å². The molecule has 2 heterocycles. The van der Waals surface area contributed by atoms with Gasteiger partial charge in [0.15, 0.2) is 0 Å². The van der Waals surface area contributed by atoms with Gasteiger partial charge in [0.1, 0.15) is 29.1 Å². The van der Waals surface area contributed by atoms with Crippen molar-refractivity contribution < 1.29 is 27.8 Å². The Morgan fingerprint density at radius 1 is 1.17 bits per heavy atom. The molecule has 3 aromatic rings. The number of hydrogen-bond donors (Lipinski definition) is 2. The zero-order valence-electron chi connectivity index (χ0n) is 22.3. The number of nitrogens with zero attached hydrogens (tertiary/aromatic N) is 3. The molecule has 1 saturated heterocycles. The van der Waals surface area contributed by atoms with E-state index in [0.29, 0.717) is 18.7 Å². The number of aromatic nitrogens is 2. The molecule has 41 heavy (non-hydrogen) atoms. The number of nitrogens with two attached hydrogens (primary N) is 1. The Morgan fingerprint density at radius 3 is 2.49 bits per heavy atom. The monoisotopic (exact) mass is 609 g/mol. The molecule has 0 radical (unpaired) electrons. The molecule has 0 unspecified atom stereocenters. The van der Waals surface area contributed by atoms with Gasteiger partial charge in [0, 0.05) is 24.4 Å². The number of benzene rings is 2. The normalized spacial score (nSPS) is 15.2. The van der Waals surface area contributed by atoms with Crippen LogP contribution >= 0.6 is 23.2 Å². The Labute approximate surface area is 244 Å². The first kappa shape index (κ1) is 30.1. The standard InChI is InChI=1S/C27H27Cl2F2N5O5/c1-27(2,3)41-26(39)35-9-5-8-19(35)14-6-4-7-15(10-14)34-23(37)20-22(32)33-13-36(24(20)38)21-17(28)11-16(12-18(21)29)40-25(30)31/h4,6-7,10-13,19,25H,5,8-9,32H2,1-3H3,(H,34,37)/t19-/m0/s1. The van der Waals surface area contributed by atoms with Crippen LogP contribution in [0.3, 0.4) is 0 Å². The first-order chi connectivity index (χ1) is 19.2. The second-order valence-electron chi connectivity index (χ2n) is 10.2. The summed E-state index contributed by atoms with van der Waals surface area (Å²) in [5, 5.41) is 2.24. The smallest absolute Gasteiger partial charge is 0.410 e. The van der Waals surface area contributed by atoms with Crippen molar-refractivity contribution in [2.45, 2.75) is 51.9 Å². The Bertz CT molecular complexity index is 1520. The molecule has 1 aliphatic rings. The van der Waals surface area contributed by atoms with Gasteiger partial charge in [-0.1, -0.05) is 35.3 Å². The summed E-state index contributed by atoms with van der Waals surface area (Å²) >= 11 is 12.4. The highest BCUT2D eigenvalue weighted by atomic mass is 35.5. The molecule has 1 aliphatic heterocycles. The number of rotatable bonds is 6. The van der Waals surface area contributed by atoms with Gasteiger partial charge in [0.05, 0.1) is 21.8 Å². The van der Waals surface area contributed by atoms with Gasteiger partial charge in [0.2, 0.25) is 0 Å². The summed E-state index contributed by atoms with van der Waals surface area (Å²) in [6, 6.07) is 8.70. The van der Waals surface area contributed by atoms with E-state index in [1.54, 1.807) is 43.9 Å². The predicted molar refractivity (Wildman–Crippen MR) is 150 cm³/mol. The van der Waals surface area contributed by atoms with Gasteiger partial charge in [-0.05, 0) is 51.3 Å². The van der Waals surface area contributed by atoms with E-state index in [1.807, 2.05) is 6.07 Å². The van der Waals surface area contributed by atoms with Gasteiger partial charge >= 0.3 is 12.7 Å². The number of halogens is 4. The van der Waals surface area contributed by atoms with Crippen LogP contribution in [0.5, 0.6) is 5.75 Å². The highest BCUT2D eigenvalue weighted by Crippen LogP contribution is 2.35. The maximum atomic E-state index is 13.4. The maximum Gasteiger partial charge on any atom is 0.410 e. The molecule has 1 atom stereocenters. The highest BCUT2D eigenvalue weighted by Gasteiger charge is 2.33. The van der Waals surface area contributed by atoms with Crippen LogP contribution in [0.2, 0.25) is 10.0 Å². The van der Waals surface area contributed by atoms with Gasteiger partial charge in [0.25, 0.3) is 11.5 Å². The van der Waals surface area contributed by atoms with E-state index in [4.69, 9.17) is 33.7 Å². The second-order valence-corrected chi connectivity index (χ2v) is 11.0. The SMILES string of the molecule is CC(C)(C)OC(=O)N1CCC[C@H]1c1cccc(NC(=O)c2c(N)ncn(-c3c(Cl)cc(OC(F)F)cc3Cl)c2=O)c1. The fraction of sp³-hybridized carbons (Fsp3) is 0.333. The molecule has 3 N–H and O–H groups in total. The molecule has 1 aromatic heterocycles.